The fraction of sp³-hybridized carbons (Fsp3) is 0.605. The third-order valence-electron chi connectivity index (χ3n) is 14.9. The van der Waals surface area contributed by atoms with E-state index in [1.165, 1.54) is 10.5 Å². The van der Waals surface area contributed by atoms with Crippen LogP contribution in [-0.2, 0) is 29.8 Å². The number of benzene rings is 1. The molecular weight excluding hydrogens is 850 g/mol. The maximum atomic E-state index is 15.8. The first-order chi connectivity index (χ1) is 30.9. The maximum Gasteiger partial charge on any atom is 0.420 e. The summed E-state index contributed by atoms with van der Waals surface area (Å²) >= 11 is 0. The van der Waals surface area contributed by atoms with Crippen LogP contribution in [0.4, 0.5) is 21.8 Å². The van der Waals surface area contributed by atoms with E-state index in [0.717, 1.165) is 61.6 Å². The summed E-state index contributed by atoms with van der Waals surface area (Å²) in [4.78, 5) is 66.2. The molecule has 3 saturated carbocycles. The number of piperidine rings is 2. The average Bonchev–Trinajstić information content (AvgIpc) is 3.69. The van der Waals surface area contributed by atoms with Crippen molar-refractivity contribution in [3.05, 3.63) is 52.7 Å². The number of aliphatic hydroxyl groups excluding tert-OH is 1. The van der Waals surface area contributed by atoms with E-state index in [1.807, 2.05) is 9.80 Å². The van der Waals surface area contributed by atoms with Gasteiger partial charge >= 0.3 is 5.76 Å². The van der Waals surface area contributed by atoms with Crippen molar-refractivity contribution >= 4 is 56.3 Å². The quantitative estimate of drug-likeness (QED) is 0.195. The van der Waals surface area contributed by atoms with Crippen molar-refractivity contribution in [2.75, 3.05) is 60.9 Å². The molecule has 3 saturated heterocycles. The van der Waals surface area contributed by atoms with Gasteiger partial charge in [-0.15, -0.1) is 0 Å². The molecule has 3 aromatic heterocycles. The minimum absolute atomic E-state index is 0.0410. The Kier molecular flexibility index (Phi) is 10.2. The average molecular weight is 902 g/mol. The molecule has 6 fully saturated rings. The molecule has 19 nitrogen and oxygen atoms in total. The number of hydrogen-bond acceptors (Lipinski definition) is 14. The molecule has 21 heteroatoms. The third-order valence-corrected chi connectivity index (χ3v) is 16.8. The minimum atomic E-state index is -3.75. The Morgan fingerprint density at radius 1 is 0.938 bits per heavy atom. The minimum Gasteiger partial charge on any atom is -0.404 e. The van der Waals surface area contributed by atoms with Gasteiger partial charge in [-0.2, -0.15) is 14.4 Å². The van der Waals surface area contributed by atoms with Crippen LogP contribution in [0, 0.1) is 11.7 Å². The van der Waals surface area contributed by atoms with Gasteiger partial charge in [0.05, 0.1) is 35.0 Å². The highest BCUT2D eigenvalue weighted by molar-refractivity contribution is 7.89. The van der Waals surface area contributed by atoms with Crippen molar-refractivity contribution in [2.24, 2.45) is 5.92 Å². The van der Waals surface area contributed by atoms with Crippen LogP contribution in [0.25, 0.3) is 11.1 Å². The number of piperazine rings is 1. The summed E-state index contributed by atoms with van der Waals surface area (Å²) in [5, 5.41) is 20.5. The molecule has 4 aromatic rings. The third kappa shape index (κ3) is 7.09. The van der Waals surface area contributed by atoms with Crippen molar-refractivity contribution < 1.29 is 36.7 Å². The summed E-state index contributed by atoms with van der Waals surface area (Å²) in [6.45, 7) is 4.09. The van der Waals surface area contributed by atoms with Crippen LogP contribution < -0.4 is 26.2 Å². The lowest BCUT2D eigenvalue weighted by molar-refractivity contribution is -0.135. The van der Waals surface area contributed by atoms with Crippen LogP contribution in [0.5, 0.6) is 0 Å². The Balaban J connectivity index is 0.654. The fourth-order valence-corrected chi connectivity index (χ4v) is 12.5. The van der Waals surface area contributed by atoms with Gasteiger partial charge in [-0.05, 0) is 88.7 Å². The fourth-order valence-electron chi connectivity index (χ4n) is 11.1. The van der Waals surface area contributed by atoms with Crippen molar-refractivity contribution in [1.29, 1.82) is 0 Å². The number of carbonyl (C=O) groups excluding carboxylic acids is 3. The second-order valence-electron chi connectivity index (χ2n) is 18.9. The molecule has 2 unspecified atom stereocenters. The first kappa shape index (κ1) is 41.5. The second kappa shape index (κ2) is 15.7. The zero-order valence-electron chi connectivity index (χ0n) is 35.4. The normalized spacial score (nSPS) is 27.8. The highest BCUT2D eigenvalue weighted by Crippen LogP contribution is 2.57. The predicted molar refractivity (Wildman–Crippen MR) is 229 cm³/mol. The lowest BCUT2D eigenvalue weighted by Gasteiger charge is -2.42. The number of aromatic nitrogens is 5. The largest absolute Gasteiger partial charge is 0.420 e. The van der Waals surface area contributed by atoms with E-state index in [4.69, 9.17) is 9.40 Å². The Hall–Kier alpha value is -5.25. The monoisotopic (exact) mass is 901 g/mol. The van der Waals surface area contributed by atoms with E-state index in [9.17, 15) is 32.7 Å². The molecule has 0 bridgehead atoms. The van der Waals surface area contributed by atoms with E-state index < -0.39 is 51.0 Å². The second-order valence-corrected chi connectivity index (χ2v) is 20.8. The van der Waals surface area contributed by atoms with Crippen LogP contribution in [0.15, 0.2) is 44.8 Å². The van der Waals surface area contributed by atoms with Crippen molar-refractivity contribution in [2.45, 2.75) is 118 Å². The molecule has 340 valence electrons. The summed E-state index contributed by atoms with van der Waals surface area (Å²) in [5.74, 6) is -0.956. The molecule has 7 aliphatic rings. The van der Waals surface area contributed by atoms with Gasteiger partial charge in [-0.25, -0.2) is 22.6 Å². The van der Waals surface area contributed by atoms with E-state index >= 15 is 4.39 Å². The number of rotatable bonds is 10. The number of aliphatic hydroxyl groups is 1. The topological polar surface area (TPSA) is 221 Å². The van der Waals surface area contributed by atoms with E-state index in [0.29, 0.717) is 81.9 Å². The van der Waals surface area contributed by atoms with Crippen LogP contribution in [0.2, 0.25) is 0 Å². The molecule has 3 aliphatic carbocycles. The SMILES string of the molecule is O=C1CCC(n2c(=O)oc3c(F)c(N4CCN(CC5CC(n6cc(S(=O)(=O)N7CCC(Nc8ncc9c(n8)N(C8CCC[C@@H](O)C8)C(=O)C98CC8)CC7)cn6)C5)CC4)ccc32)C(=O)N1. The Labute approximate surface area is 368 Å². The number of hydrogen-bond donors (Lipinski definition) is 3. The first-order valence-electron chi connectivity index (χ1n) is 22.7. The number of nitrogens with zero attached hydrogens (tertiary/aromatic N) is 9. The van der Waals surface area contributed by atoms with Gasteiger partial charge < -0.3 is 19.7 Å². The smallest absolute Gasteiger partial charge is 0.404 e. The Bertz CT molecular complexity index is 2700. The maximum absolute atomic E-state index is 15.8. The number of halogens is 1. The highest BCUT2D eigenvalue weighted by Gasteiger charge is 2.61. The van der Waals surface area contributed by atoms with Crippen LogP contribution in [0.3, 0.4) is 0 Å². The van der Waals surface area contributed by atoms with Crippen LogP contribution in [-0.4, -0.2) is 129 Å². The molecule has 64 heavy (non-hydrogen) atoms. The number of carbonyl (C=O) groups is 3. The number of anilines is 3. The summed E-state index contributed by atoms with van der Waals surface area (Å²) in [6, 6.07) is 2.23. The summed E-state index contributed by atoms with van der Waals surface area (Å²) in [6.07, 6.45) is 12.1. The highest BCUT2D eigenvalue weighted by atomic mass is 32.2. The molecule has 3 atom stereocenters. The van der Waals surface area contributed by atoms with Crippen LogP contribution in [0.1, 0.15) is 94.7 Å². The molecule has 1 aromatic carbocycles. The summed E-state index contributed by atoms with van der Waals surface area (Å²) in [5.41, 5.74) is 0.651. The molecule has 11 rings (SSSR count). The zero-order valence-corrected chi connectivity index (χ0v) is 36.2. The zero-order chi connectivity index (χ0) is 44.1. The van der Waals surface area contributed by atoms with E-state index in [-0.39, 0.29) is 52.9 Å². The lowest BCUT2D eigenvalue weighted by Crippen LogP contribution is -2.49. The number of nitrogens with one attached hydrogen (secondary N) is 2. The molecule has 4 aliphatic heterocycles. The molecule has 3 amide bonds. The molecule has 7 heterocycles. The molecule has 0 radical (unpaired) electrons. The number of sulfonamides is 1. The van der Waals surface area contributed by atoms with Gasteiger partial charge in [-0.3, -0.25) is 38.7 Å². The number of amides is 3. The van der Waals surface area contributed by atoms with E-state index in [1.54, 1.807) is 29.2 Å². The number of oxazole rings is 1. The Morgan fingerprint density at radius 2 is 1.72 bits per heavy atom. The van der Waals surface area contributed by atoms with Crippen molar-refractivity contribution in [3.63, 3.8) is 0 Å². The summed E-state index contributed by atoms with van der Waals surface area (Å²) < 4.78 is 53.1. The number of imide groups is 1. The molecular formula is C43H52FN11O8S. The van der Waals surface area contributed by atoms with Gasteiger partial charge in [0.1, 0.15) is 16.8 Å². The van der Waals surface area contributed by atoms with Crippen molar-refractivity contribution in [1.82, 2.24) is 38.8 Å². The van der Waals surface area contributed by atoms with Gasteiger partial charge in [0.15, 0.2) is 11.4 Å². The predicted octanol–water partition coefficient (Wildman–Crippen LogP) is 2.42. The standard InChI is InChI=1S/C43H52FN11O8S/c44-36-32(4-5-33-37(36)63-42(60)55(33)34-6-7-35(57)48-39(34)58)51-16-14-50(15-17-51)23-25-18-28(19-25)53-24-30(21-46-53)64(61,62)52-12-8-26(9-13-52)47-41-45-22-31-38(49-41)54(40(59)43(31)10-11-43)27-2-1-3-29(56)20-27/h4-5,21-22,24-29,34,56H,1-3,6-20,23H2,(H,45,47,49)(H,48,57,58)/t25?,27?,28?,29-,34?/m1/s1. The van der Waals surface area contributed by atoms with Gasteiger partial charge in [0, 0.05) is 82.3 Å². The molecule has 3 N–H and O–H groups in total. The Morgan fingerprint density at radius 3 is 2.45 bits per heavy atom. The van der Waals surface area contributed by atoms with Gasteiger partial charge in [0.25, 0.3) is 0 Å². The first-order valence-corrected chi connectivity index (χ1v) is 24.1. The van der Waals surface area contributed by atoms with Crippen LogP contribution >= 0.6 is 0 Å². The molecule has 1 spiro atoms. The lowest BCUT2D eigenvalue weighted by atomic mass is 9.80. The summed E-state index contributed by atoms with van der Waals surface area (Å²) in [7, 11) is -3.75. The van der Waals surface area contributed by atoms with Crippen molar-refractivity contribution in [3.8, 4) is 0 Å². The number of fused-ring (bicyclic) bond motifs is 3. The van der Waals surface area contributed by atoms with Gasteiger partial charge in [0.2, 0.25) is 33.7 Å². The van der Waals surface area contributed by atoms with Gasteiger partial charge in [-0.1, -0.05) is 0 Å². The van der Waals surface area contributed by atoms with E-state index in [2.05, 4.69) is 25.6 Å².